The number of nitrogens with zero attached hydrogens (tertiary/aromatic N) is 1. The summed E-state index contributed by atoms with van der Waals surface area (Å²) in [7, 11) is -0.718. The molecule has 0 amide bonds. The Labute approximate surface area is 173 Å². The normalized spacial score (nSPS) is 14.6. The van der Waals surface area contributed by atoms with E-state index in [1.807, 2.05) is 0 Å². The van der Waals surface area contributed by atoms with E-state index in [1.54, 1.807) is 12.1 Å². The minimum absolute atomic E-state index is 0.0882. The van der Waals surface area contributed by atoms with Crippen LogP contribution in [0.15, 0.2) is 47.4 Å². The number of rotatable bonds is 9. The number of piperidine rings is 1. The van der Waals surface area contributed by atoms with Gasteiger partial charge in [0.05, 0.1) is 14.2 Å². The second-order valence-corrected chi connectivity index (χ2v) is 8.97. The fourth-order valence-corrected chi connectivity index (χ4v) is 4.85. The van der Waals surface area contributed by atoms with Gasteiger partial charge in [0.2, 0.25) is 10.0 Å². The number of benzene rings is 2. The standard InChI is InChI=1S/C22H30N2O4S/c1-27-20-12-13-21(28-2)22(17-20)29(25,26)23-14-6-7-18-8-10-19(11-9-18)24-15-4-3-5-16-24/h8-13,17,23H,3-7,14-16H2,1-2H3. The fraction of sp³-hybridized carbons (Fsp3) is 0.455. The average Bonchev–Trinajstić information content (AvgIpc) is 2.77. The molecule has 0 unspecified atom stereocenters. The third kappa shape index (κ3) is 5.64. The molecule has 3 rings (SSSR count). The first-order valence-corrected chi connectivity index (χ1v) is 11.6. The number of aryl methyl sites for hydroxylation is 1. The highest BCUT2D eigenvalue weighted by Gasteiger charge is 2.20. The van der Waals surface area contributed by atoms with Gasteiger partial charge in [-0.2, -0.15) is 0 Å². The van der Waals surface area contributed by atoms with Gasteiger partial charge >= 0.3 is 0 Å². The molecule has 0 radical (unpaired) electrons. The predicted molar refractivity (Wildman–Crippen MR) is 116 cm³/mol. The number of anilines is 1. The quantitative estimate of drug-likeness (QED) is 0.630. The van der Waals surface area contributed by atoms with Gasteiger partial charge in [0, 0.05) is 31.4 Å². The summed E-state index contributed by atoms with van der Waals surface area (Å²) in [6.07, 6.45) is 5.39. The summed E-state index contributed by atoms with van der Waals surface area (Å²) in [6, 6.07) is 13.4. The molecule has 1 heterocycles. The molecule has 0 bridgehead atoms. The zero-order valence-electron chi connectivity index (χ0n) is 17.2. The lowest BCUT2D eigenvalue weighted by atomic mass is 10.1. The molecule has 1 N–H and O–H groups in total. The van der Waals surface area contributed by atoms with E-state index in [0.717, 1.165) is 19.5 Å². The maximum absolute atomic E-state index is 12.7. The molecule has 2 aromatic rings. The van der Waals surface area contributed by atoms with Crippen molar-refractivity contribution in [1.29, 1.82) is 0 Å². The Morgan fingerprint density at radius 3 is 2.34 bits per heavy atom. The molecule has 0 aliphatic carbocycles. The molecule has 158 valence electrons. The van der Waals surface area contributed by atoms with Crippen molar-refractivity contribution in [1.82, 2.24) is 4.72 Å². The number of methoxy groups -OCH3 is 2. The van der Waals surface area contributed by atoms with Crippen molar-refractivity contribution in [3.63, 3.8) is 0 Å². The Morgan fingerprint density at radius 2 is 1.69 bits per heavy atom. The summed E-state index contributed by atoms with van der Waals surface area (Å²) in [5, 5.41) is 0. The Hall–Kier alpha value is -2.25. The molecule has 29 heavy (non-hydrogen) atoms. The summed E-state index contributed by atoms with van der Waals surface area (Å²) in [4.78, 5) is 2.52. The fourth-order valence-electron chi connectivity index (χ4n) is 3.60. The monoisotopic (exact) mass is 418 g/mol. The van der Waals surface area contributed by atoms with Crippen LogP contribution in [0.1, 0.15) is 31.2 Å². The van der Waals surface area contributed by atoms with Crippen LogP contribution in [0.25, 0.3) is 0 Å². The molecule has 2 aromatic carbocycles. The topological polar surface area (TPSA) is 67.9 Å². The zero-order chi connectivity index (χ0) is 20.7. The van der Waals surface area contributed by atoms with Crippen molar-refractivity contribution in [2.75, 3.05) is 38.8 Å². The van der Waals surface area contributed by atoms with Crippen molar-refractivity contribution >= 4 is 15.7 Å². The zero-order valence-corrected chi connectivity index (χ0v) is 18.0. The Bertz CT molecular complexity index is 892. The van der Waals surface area contributed by atoms with E-state index in [0.29, 0.717) is 24.5 Å². The van der Waals surface area contributed by atoms with Crippen molar-refractivity contribution in [2.45, 2.75) is 37.0 Å². The molecular formula is C22H30N2O4S. The third-order valence-electron chi connectivity index (χ3n) is 5.25. The first kappa shape index (κ1) is 21.5. The van der Waals surface area contributed by atoms with Crippen LogP contribution >= 0.6 is 0 Å². The maximum Gasteiger partial charge on any atom is 0.244 e. The van der Waals surface area contributed by atoms with Crippen LogP contribution in [-0.4, -0.2) is 42.3 Å². The number of ether oxygens (including phenoxy) is 2. The molecule has 1 saturated heterocycles. The van der Waals surface area contributed by atoms with Gasteiger partial charge in [0.25, 0.3) is 0 Å². The van der Waals surface area contributed by atoms with Crippen molar-refractivity contribution in [3.8, 4) is 11.5 Å². The van der Waals surface area contributed by atoms with Crippen LogP contribution in [0.5, 0.6) is 11.5 Å². The first-order valence-electron chi connectivity index (χ1n) is 10.1. The smallest absolute Gasteiger partial charge is 0.244 e. The highest BCUT2D eigenvalue weighted by Crippen LogP contribution is 2.28. The van der Waals surface area contributed by atoms with Crippen LogP contribution in [0.3, 0.4) is 0 Å². The molecule has 1 fully saturated rings. The van der Waals surface area contributed by atoms with E-state index in [4.69, 9.17) is 9.47 Å². The molecule has 1 aliphatic rings. The second-order valence-electron chi connectivity index (χ2n) is 7.23. The first-order chi connectivity index (χ1) is 14.0. The lowest BCUT2D eigenvalue weighted by Crippen LogP contribution is -2.29. The predicted octanol–water partition coefficient (Wildman–Crippen LogP) is 3.61. The molecule has 1 aliphatic heterocycles. The summed E-state index contributed by atoms with van der Waals surface area (Å²) in [5.41, 5.74) is 2.49. The molecular weight excluding hydrogens is 388 g/mol. The minimum Gasteiger partial charge on any atom is -0.497 e. The van der Waals surface area contributed by atoms with Gasteiger partial charge < -0.3 is 14.4 Å². The van der Waals surface area contributed by atoms with Gasteiger partial charge in [-0.3, -0.25) is 0 Å². The number of nitrogens with one attached hydrogen (secondary N) is 1. The van der Waals surface area contributed by atoms with E-state index in [2.05, 4.69) is 33.9 Å². The van der Waals surface area contributed by atoms with Crippen LogP contribution in [-0.2, 0) is 16.4 Å². The van der Waals surface area contributed by atoms with Gasteiger partial charge in [0.15, 0.2) is 0 Å². The maximum atomic E-state index is 12.7. The Balaban J connectivity index is 1.53. The highest BCUT2D eigenvalue weighted by atomic mass is 32.2. The summed E-state index contributed by atoms with van der Waals surface area (Å²) < 4.78 is 38.3. The molecule has 0 atom stereocenters. The average molecular weight is 419 g/mol. The number of hydrogen-bond donors (Lipinski definition) is 1. The number of hydrogen-bond acceptors (Lipinski definition) is 5. The largest absolute Gasteiger partial charge is 0.497 e. The molecule has 0 saturated carbocycles. The van der Waals surface area contributed by atoms with Gasteiger partial charge in [-0.1, -0.05) is 12.1 Å². The van der Waals surface area contributed by atoms with Crippen molar-refractivity contribution < 1.29 is 17.9 Å². The third-order valence-corrected chi connectivity index (χ3v) is 6.73. The minimum atomic E-state index is -3.67. The van der Waals surface area contributed by atoms with Crippen LogP contribution < -0.4 is 19.1 Å². The SMILES string of the molecule is COc1ccc(OC)c(S(=O)(=O)NCCCc2ccc(N3CCCCC3)cc2)c1. The summed E-state index contributed by atoms with van der Waals surface area (Å²) in [5.74, 6) is 0.770. The van der Waals surface area contributed by atoms with E-state index < -0.39 is 10.0 Å². The lowest BCUT2D eigenvalue weighted by Gasteiger charge is -2.28. The Kier molecular flexibility index (Phi) is 7.39. The van der Waals surface area contributed by atoms with Crippen LogP contribution in [0, 0.1) is 0 Å². The summed E-state index contributed by atoms with van der Waals surface area (Å²) in [6.45, 7) is 2.63. The van der Waals surface area contributed by atoms with Crippen molar-refractivity contribution in [3.05, 3.63) is 48.0 Å². The van der Waals surface area contributed by atoms with E-state index in [9.17, 15) is 8.42 Å². The molecule has 6 nitrogen and oxygen atoms in total. The van der Waals surface area contributed by atoms with Crippen molar-refractivity contribution in [2.24, 2.45) is 0 Å². The second kappa shape index (κ2) is 9.98. The van der Waals surface area contributed by atoms with E-state index in [-0.39, 0.29) is 4.90 Å². The molecule has 7 heteroatoms. The van der Waals surface area contributed by atoms with Crippen LogP contribution in [0.2, 0.25) is 0 Å². The molecule has 0 spiro atoms. The van der Waals surface area contributed by atoms with Gasteiger partial charge in [-0.25, -0.2) is 13.1 Å². The number of sulfonamides is 1. The van der Waals surface area contributed by atoms with E-state index >= 15 is 0 Å². The molecule has 0 aromatic heterocycles. The van der Waals surface area contributed by atoms with Crippen LogP contribution in [0.4, 0.5) is 5.69 Å². The lowest BCUT2D eigenvalue weighted by molar-refractivity contribution is 0.392. The van der Waals surface area contributed by atoms with Gasteiger partial charge in [0.1, 0.15) is 16.4 Å². The Morgan fingerprint density at radius 1 is 0.966 bits per heavy atom. The summed E-state index contributed by atoms with van der Waals surface area (Å²) >= 11 is 0. The van der Waals surface area contributed by atoms with Gasteiger partial charge in [-0.05, 0) is 61.9 Å². The van der Waals surface area contributed by atoms with E-state index in [1.165, 1.54) is 50.8 Å². The van der Waals surface area contributed by atoms with Gasteiger partial charge in [-0.15, -0.1) is 0 Å². The highest BCUT2D eigenvalue weighted by molar-refractivity contribution is 7.89.